The minimum Gasteiger partial charge on any atom is -0.354 e. The maximum absolute atomic E-state index is 15.3. The smallest absolute Gasteiger partial charge is 0.197 e. The fourth-order valence-corrected chi connectivity index (χ4v) is 8.63. The molecule has 0 spiro atoms. The molecule has 50 heavy (non-hydrogen) atoms. The normalized spacial score (nSPS) is 22.5. The molecule has 16 heteroatoms. The average molecular weight is 758 g/mol. The van der Waals surface area contributed by atoms with E-state index in [2.05, 4.69) is 20.2 Å². The Hall–Kier alpha value is -3.92. The monoisotopic (exact) mass is 756 g/mol. The van der Waals surface area contributed by atoms with E-state index < -0.39 is 46.7 Å². The van der Waals surface area contributed by atoms with Gasteiger partial charge in [0.05, 0.1) is 13.1 Å². The van der Waals surface area contributed by atoms with Crippen LogP contribution >= 0.6 is 44.8 Å². The number of aromatic nitrogens is 6. The molecular weight excluding hydrogens is 735 g/mol. The van der Waals surface area contributed by atoms with Gasteiger partial charge >= 0.3 is 0 Å². The van der Waals surface area contributed by atoms with Crippen LogP contribution in [0.3, 0.4) is 0 Å². The first kappa shape index (κ1) is 33.2. The molecule has 2 saturated heterocycles. The van der Waals surface area contributed by atoms with Crippen molar-refractivity contribution in [2.75, 3.05) is 0 Å². The summed E-state index contributed by atoms with van der Waals surface area (Å²) >= 11 is 13.0. The molecule has 4 heterocycles. The second kappa shape index (κ2) is 13.0. The number of halogens is 6. The molecule has 4 atom stereocenters. The van der Waals surface area contributed by atoms with E-state index in [1.807, 2.05) is 0 Å². The molecule has 0 N–H and O–H groups in total. The van der Waals surface area contributed by atoms with Crippen molar-refractivity contribution in [3.05, 3.63) is 153 Å². The highest BCUT2D eigenvalue weighted by Crippen LogP contribution is 2.61. The van der Waals surface area contributed by atoms with Crippen molar-refractivity contribution in [3.8, 4) is 0 Å². The van der Waals surface area contributed by atoms with Crippen LogP contribution in [0.2, 0.25) is 10.0 Å². The van der Waals surface area contributed by atoms with Crippen LogP contribution in [-0.2, 0) is 33.8 Å². The first-order valence-electron chi connectivity index (χ1n) is 15.0. The molecule has 0 bridgehead atoms. The number of ether oxygens (including phenoxy) is 2. The van der Waals surface area contributed by atoms with Crippen molar-refractivity contribution in [3.63, 3.8) is 0 Å². The molecule has 8 nitrogen and oxygen atoms in total. The Kier molecular flexibility index (Phi) is 8.64. The summed E-state index contributed by atoms with van der Waals surface area (Å²) in [7, 11) is 2.41. The van der Waals surface area contributed by atoms with Crippen LogP contribution in [0.15, 0.2) is 108 Å². The van der Waals surface area contributed by atoms with Crippen molar-refractivity contribution >= 4 is 44.8 Å². The van der Waals surface area contributed by atoms with Crippen LogP contribution < -0.4 is 0 Å². The second-order valence-electron chi connectivity index (χ2n) is 11.6. The Labute approximate surface area is 300 Å². The molecule has 2 aromatic heterocycles. The lowest BCUT2D eigenvalue weighted by Gasteiger charge is -2.17. The molecule has 2 aliphatic rings. The van der Waals surface area contributed by atoms with E-state index in [0.29, 0.717) is 31.5 Å². The SMILES string of the molecule is Fc1ccc(C2(Cn3ncnc3SSc3ncnn3CC3(c4ccc(F)cc4F)OC3c3ccccc3Cl)OC2c2ccccc2Cl)c(F)c1. The van der Waals surface area contributed by atoms with E-state index in [1.165, 1.54) is 58.5 Å². The van der Waals surface area contributed by atoms with Crippen molar-refractivity contribution in [1.82, 2.24) is 29.5 Å². The molecule has 2 fully saturated rings. The molecule has 2 aliphatic heterocycles. The summed E-state index contributed by atoms with van der Waals surface area (Å²) in [6.07, 6.45) is 1.44. The molecule has 0 aliphatic carbocycles. The highest BCUT2D eigenvalue weighted by atomic mass is 35.5. The second-order valence-corrected chi connectivity index (χ2v) is 14.5. The third-order valence-corrected chi connectivity index (χ3v) is 11.5. The van der Waals surface area contributed by atoms with Crippen LogP contribution in [0.1, 0.15) is 34.5 Å². The topological polar surface area (TPSA) is 86.5 Å². The van der Waals surface area contributed by atoms with Crippen molar-refractivity contribution < 1.29 is 27.0 Å². The van der Waals surface area contributed by atoms with Gasteiger partial charge in [0, 0.05) is 44.4 Å². The maximum Gasteiger partial charge on any atom is 0.197 e. The van der Waals surface area contributed by atoms with Gasteiger partial charge in [0.15, 0.2) is 10.3 Å². The molecule has 0 saturated carbocycles. The minimum atomic E-state index is -1.25. The molecule has 4 unspecified atom stereocenters. The summed E-state index contributed by atoms with van der Waals surface area (Å²) in [4.78, 5) is 8.79. The van der Waals surface area contributed by atoms with E-state index in [0.717, 1.165) is 12.1 Å². The standard InChI is InChI=1S/C34H22Cl2F4N6O2S2/c35-25-7-3-1-5-21(25)29-33(47-29,23-11-9-19(37)13-27(23)39)15-45-31(41-17-43-45)49-50-32-42-18-44-46(32)16-34(24-12-10-20(38)14-28(24)40)30(48-34)22-6-2-4-8-26(22)36/h1-14,17-18,29-30H,15-16H2. The number of nitrogens with zero attached hydrogens (tertiary/aromatic N) is 6. The Morgan fingerprint density at radius 3 is 1.44 bits per heavy atom. The van der Waals surface area contributed by atoms with Crippen LogP contribution in [0.5, 0.6) is 0 Å². The fraction of sp³-hybridized carbons (Fsp3) is 0.176. The fourth-order valence-electron chi connectivity index (χ4n) is 6.22. The first-order valence-corrected chi connectivity index (χ1v) is 17.9. The lowest BCUT2D eigenvalue weighted by Crippen LogP contribution is -2.22. The maximum atomic E-state index is 15.3. The minimum absolute atomic E-state index is 0.0291. The van der Waals surface area contributed by atoms with Crippen molar-refractivity contribution in [2.45, 2.75) is 46.8 Å². The van der Waals surface area contributed by atoms with Gasteiger partial charge in [-0.1, -0.05) is 71.7 Å². The van der Waals surface area contributed by atoms with Crippen LogP contribution in [0, 0.1) is 23.3 Å². The average Bonchev–Trinajstić information content (AvgIpc) is 3.84. The summed E-state index contributed by atoms with van der Waals surface area (Å²) in [5.41, 5.74) is -0.896. The lowest BCUT2D eigenvalue weighted by molar-refractivity contribution is 0.250. The molecule has 0 amide bonds. The van der Waals surface area contributed by atoms with Gasteiger partial charge < -0.3 is 9.47 Å². The number of benzene rings is 4. The Balaban J connectivity index is 1.06. The number of rotatable bonds is 11. The number of hydrogen-bond acceptors (Lipinski definition) is 8. The third-order valence-electron chi connectivity index (χ3n) is 8.66. The van der Waals surface area contributed by atoms with E-state index in [-0.39, 0.29) is 24.2 Å². The highest BCUT2D eigenvalue weighted by molar-refractivity contribution is 8.76. The van der Waals surface area contributed by atoms with Gasteiger partial charge in [-0.25, -0.2) is 36.9 Å². The van der Waals surface area contributed by atoms with Gasteiger partial charge in [0.25, 0.3) is 0 Å². The largest absolute Gasteiger partial charge is 0.354 e. The third kappa shape index (κ3) is 5.97. The van der Waals surface area contributed by atoms with Crippen molar-refractivity contribution in [2.24, 2.45) is 0 Å². The predicted octanol–water partition coefficient (Wildman–Crippen LogP) is 8.87. The van der Waals surface area contributed by atoms with Crippen LogP contribution in [-0.4, -0.2) is 29.5 Å². The lowest BCUT2D eigenvalue weighted by atomic mass is 9.91. The summed E-state index contributed by atoms with van der Waals surface area (Å²) in [6, 6.07) is 20.9. The highest BCUT2D eigenvalue weighted by Gasteiger charge is 2.62. The zero-order valence-corrected chi connectivity index (χ0v) is 28.5. The van der Waals surface area contributed by atoms with E-state index in [9.17, 15) is 8.78 Å². The van der Waals surface area contributed by atoms with E-state index in [4.69, 9.17) is 32.7 Å². The van der Waals surface area contributed by atoms with Crippen molar-refractivity contribution in [1.29, 1.82) is 0 Å². The summed E-state index contributed by atoms with van der Waals surface area (Å²) in [5, 5.41) is 10.5. The predicted molar refractivity (Wildman–Crippen MR) is 178 cm³/mol. The molecule has 8 rings (SSSR count). The summed E-state index contributed by atoms with van der Waals surface area (Å²) < 4.78 is 73.9. The quantitative estimate of drug-likeness (QED) is 0.0737. The van der Waals surface area contributed by atoms with Gasteiger partial charge in [-0.2, -0.15) is 10.2 Å². The molecule has 0 radical (unpaired) electrons. The van der Waals surface area contributed by atoms with Gasteiger partial charge in [-0.05, 0) is 45.9 Å². The summed E-state index contributed by atoms with van der Waals surface area (Å²) in [5.74, 6) is -2.96. The molecular formula is C34H22Cl2F4N6O2S2. The van der Waals surface area contributed by atoms with Crippen LogP contribution in [0.4, 0.5) is 17.6 Å². The Morgan fingerprint density at radius 1 is 0.620 bits per heavy atom. The Morgan fingerprint density at radius 2 is 1.04 bits per heavy atom. The molecule has 4 aromatic carbocycles. The molecule has 6 aromatic rings. The molecule has 254 valence electrons. The number of epoxide rings is 2. The number of hydrogen-bond donors (Lipinski definition) is 0. The van der Waals surface area contributed by atoms with Gasteiger partial charge in [0.2, 0.25) is 0 Å². The zero-order chi connectivity index (χ0) is 34.6. The van der Waals surface area contributed by atoms with E-state index in [1.54, 1.807) is 57.9 Å². The van der Waals surface area contributed by atoms with Gasteiger partial charge in [0.1, 0.15) is 59.3 Å². The van der Waals surface area contributed by atoms with Gasteiger partial charge in [-0.15, -0.1) is 0 Å². The zero-order valence-electron chi connectivity index (χ0n) is 25.4. The van der Waals surface area contributed by atoms with E-state index >= 15 is 8.78 Å². The van der Waals surface area contributed by atoms with Crippen LogP contribution in [0.25, 0.3) is 0 Å². The van der Waals surface area contributed by atoms with Gasteiger partial charge in [-0.3, -0.25) is 0 Å². The summed E-state index contributed by atoms with van der Waals surface area (Å²) in [6.45, 7) is 0.0582. The Bertz CT molecular complexity index is 2090. The first-order chi connectivity index (χ1) is 24.2.